The molecule has 0 spiro atoms. The van der Waals surface area contributed by atoms with Crippen LogP contribution in [0.3, 0.4) is 0 Å². The molecule has 0 saturated heterocycles. The molecular formula is C6H8F2. The predicted molar refractivity (Wildman–Crippen MR) is 28.6 cm³/mol. The molecule has 0 aliphatic rings. The van der Waals surface area contributed by atoms with Gasteiger partial charge < -0.3 is 0 Å². The van der Waals surface area contributed by atoms with E-state index in [-0.39, 0.29) is 0 Å². The Morgan fingerprint density at radius 2 is 2.12 bits per heavy atom. The van der Waals surface area contributed by atoms with Crippen LogP contribution in [0.5, 0.6) is 0 Å². The van der Waals surface area contributed by atoms with Crippen molar-refractivity contribution in [2.75, 3.05) is 0 Å². The Kier molecular flexibility index (Phi) is 3.18. The molecule has 0 fully saturated rings. The zero-order valence-corrected chi connectivity index (χ0v) is 4.70. The average molecular weight is 118 g/mol. The Morgan fingerprint density at radius 1 is 1.62 bits per heavy atom. The molecule has 0 aliphatic carbocycles. The Balaban J connectivity index is 3.57. The van der Waals surface area contributed by atoms with Crippen LogP contribution < -0.4 is 0 Å². The van der Waals surface area contributed by atoms with Crippen molar-refractivity contribution in [3.63, 3.8) is 0 Å². The fourth-order valence-electron chi connectivity index (χ4n) is 0.369. The van der Waals surface area contributed by atoms with E-state index in [0.717, 1.165) is 0 Å². The molecule has 0 radical (unpaired) electrons. The summed E-state index contributed by atoms with van der Waals surface area (Å²) in [7, 11) is 0. The Bertz CT molecular complexity index is 91.2. The van der Waals surface area contributed by atoms with Crippen LogP contribution in [-0.2, 0) is 0 Å². The fraction of sp³-hybridized carbons (Fsp3) is 0.667. The summed E-state index contributed by atoms with van der Waals surface area (Å²) >= 11 is 0. The zero-order chi connectivity index (χ0) is 6.57. The quantitative estimate of drug-likeness (QED) is 0.486. The Hall–Kier alpha value is -0.580. The van der Waals surface area contributed by atoms with Gasteiger partial charge in [-0.3, -0.25) is 0 Å². The molecule has 0 aromatic heterocycles. The van der Waals surface area contributed by atoms with Gasteiger partial charge in [0.1, 0.15) is 0 Å². The van der Waals surface area contributed by atoms with Gasteiger partial charge in [0.05, 0.1) is 5.92 Å². The lowest BCUT2D eigenvalue weighted by Gasteiger charge is -2.02. The van der Waals surface area contributed by atoms with Crippen molar-refractivity contribution in [1.29, 1.82) is 0 Å². The number of alkyl halides is 2. The predicted octanol–water partition coefficient (Wildman–Crippen LogP) is 1.91. The van der Waals surface area contributed by atoms with E-state index in [4.69, 9.17) is 6.42 Å². The van der Waals surface area contributed by atoms with E-state index in [1.165, 1.54) is 0 Å². The first-order chi connectivity index (χ1) is 3.72. The summed E-state index contributed by atoms with van der Waals surface area (Å²) in [6, 6.07) is 0. The van der Waals surface area contributed by atoms with E-state index in [1.807, 2.05) is 5.92 Å². The highest BCUT2D eigenvalue weighted by Gasteiger charge is 2.13. The van der Waals surface area contributed by atoms with Gasteiger partial charge in [0, 0.05) is 0 Å². The molecule has 0 bridgehead atoms. The normalized spacial score (nSPS) is 13.4. The topological polar surface area (TPSA) is 0 Å². The molecule has 1 atom stereocenters. The van der Waals surface area contributed by atoms with E-state index >= 15 is 0 Å². The van der Waals surface area contributed by atoms with E-state index in [2.05, 4.69) is 0 Å². The van der Waals surface area contributed by atoms with Gasteiger partial charge >= 0.3 is 0 Å². The summed E-state index contributed by atoms with van der Waals surface area (Å²) in [6.45, 7) is 1.65. The van der Waals surface area contributed by atoms with Crippen LogP contribution in [0.15, 0.2) is 0 Å². The van der Waals surface area contributed by atoms with Crippen molar-refractivity contribution in [3.8, 4) is 12.3 Å². The summed E-state index contributed by atoms with van der Waals surface area (Å²) in [5.74, 6) is 1.15. The molecule has 0 aromatic carbocycles. The van der Waals surface area contributed by atoms with E-state index in [9.17, 15) is 8.78 Å². The molecule has 0 aromatic rings. The van der Waals surface area contributed by atoms with Crippen LogP contribution in [0.1, 0.15) is 13.3 Å². The minimum Gasteiger partial charge on any atom is -0.209 e. The molecule has 0 amide bonds. The summed E-state index contributed by atoms with van der Waals surface area (Å²) < 4.78 is 23.1. The van der Waals surface area contributed by atoms with E-state index in [0.29, 0.717) is 6.42 Å². The largest absolute Gasteiger partial charge is 0.252 e. The lowest BCUT2D eigenvalue weighted by Crippen LogP contribution is -2.06. The number of rotatable bonds is 2. The van der Waals surface area contributed by atoms with Gasteiger partial charge in [-0.05, 0) is 6.42 Å². The van der Waals surface area contributed by atoms with Crippen LogP contribution in [0.4, 0.5) is 8.78 Å². The van der Waals surface area contributed by atoms with Gasteiger partial charge in [-0.15, -0.1) is 6.42 Å². The first-order valence-electron chi connectivity index (χ1n) is 2.46. The van der Waals surface area contributed by atoms with Crippen LogP contribution in [0.2, 0.25) is 0 Å². The Labute approximate surface area is 47.9 Å². The Morgan fingerprint density at radius 3 is 2.12 bits per heavy atom. The molecule has 0 nitrogen and oxygen atoms in total. The van der Waals surface area contributed by atoms with Crippen LogP contribution >= 0.6 is 0 Å². The smallest absolute Gasteiger partial charge is 0.209 e. The minimum absolute atomic E-state index is 0.355. The van der Waals surface area contributed by atoms with Crippen molar-refractivity contribution in [1.82, 2.24) is 0 Å². The number of terminal acetylenes is 1. The molecule has 0 aliphatic heterocycles. The monoisotopic (exact) mass is 118 g/mol. The summed E-state index contributed by atoms with van der Waals surface area (Å²) in [5.41, 5.74) is 0. The van der Waals surface area contributed by atoms with Crippen molar-refractivity contribution >= 4 is 0 Å². The molecule has 0 saturated carbocycles. The molecular weight excluding hydrogens is 110 g/mol. The van der Waals surface area contributed by atoms with Crippen LogP contribution in [0, 0.1) is 18.3 Å². The third-order valence-electron chi connectivity index (χ3n) is 0.958. The number of halogens is 2. The second-order valence-electron chi connectivity index (χ2n) is 1.52. The van der Waals surface area contributed by atoms with Crippen molar-refractivity contribution in [2.24, 2.45) is 5.92 Å². The fourth-order valence-corrected chi connectivity index (χ4v) is 0.369. The maximum absolute atomic E-state index is 11.6. The lowest BCUT2D eigenvalue weighted by atomic mass is 10.1. The zero-order valence-electron chi connectivity index (χ0n) is 4.70. The maximum atomic E-state index is 11.6. The maximum Gasteiger partial charge on any atom is 0.252 e. The van der Waals surface area contributed by atoms with Gasteiger partial charge in [-0.25, -0.2) is 8.78 Å². The highest BCUT2D eigenvalue weighted by molar-refractivity contribution is 4.93. The van der Waals surface area contributed by atoms with Crippen LogP contribution in [-0.4, -0.2) is 6.43 Å². The second-order valence-corrected chi connectivity index (χ2v) is 1.52. The molecule has 0 heterocycles. The van der Waals surface area contributed by atoms with Crippen LogP contribution in [0.25, 0.3) is 0 Å². The molecule has 8 heavy (non-hydrogen) atoms. The van der Waals surface area contributed by atoms with Crippen molar-refractivity contribution in [2.45, 2.75) is 19.8 Å². The van der Waals surface area contributed by atoms with E-state index < -0.39 is 12.3 Å². The summed E-state index contributed by atoms with van der Waals surface area (Å²) in [6.07, 6.45) is 2.75. The minimum atomic E-state index is -2.36. The highest BCUT2D eigenvalue weighted by atomic mass is 19.3. The SMILES string of the molecule is C#CC(CC)C(F)F. The second kappa shape index (κ2) is 3.43. The third-order valence-corrected chi connectivity index (χ3v) is 0.958. The lowest BCUT2D eigenvalue weighted by molar-refractivity contribution is 0.103. The van der Waals surface area contributed by atoms with Gasteiger partial charge in [0.15, 0.2) is 0 Å². The summed E-state index contributed by atoms with van der Waals surface area (Å²) in [4.78, 5) is 0. The molecule has 1 unspecified atom stereocenters. The number of hydrogen-bond donors (Lipinski definition) is 0. The summed E-state index contributed by atoms with van der Waals surface area (Å²) in [5, 5.41) is 0. The third kappa shape index (κ3) is 1.92. The molecule has 2 heteroatoms. The van der Waals surface area contributed by atoms with Gasteiger partial charge in [0.2, 0.25) is 0 Å². The van der Waals surface area contributed by atoms with Gasteiger partial charge in [-0.1, -0.05) is 12.8 Å². The first-order valence-corrected chi connectivity index (χ1v) is 2.46. The van der Waals surface area contributed by atoms with Crippen molar-refractivity contribution in [3.05, 3.63) is 0 Å². The molecule has 0 rings (SSSR count). The first kappa shape index (κ1) is 7.42. The average Bonchev–Trinajstić information content (AvgIpc) is 1.69. The number of hydrogen-bond acceptors (Lipinski definition) is 0. The standard InChI is InChI=1S/C6H8F2/c1-3-5(4-2)6(7)8/h1,5-6H,4H2,2H3. The molecule has 0 N–H and O–H groups in total. The highest BCUT2D eigenvalue weighted by Crippen LogP contribution is 2.11. The van der Waals surface area contributed by atoms with Gasteiger partial charge in [0.25, 0.3) is 6.43 Å². The van der Waals surface area contributed by atoms with Gasteiger partial charge in [-0.2, -0.15) is 0 Å². The molecule has 46 valence electrons. The van der Waals surface area contributed by atoms with Crippen molar-refractivity contribution < 1.29 is 8.78 Å². The van der Waals surface area contributed by atoms with E-state index in [1.54, 1.807) is 6.92 Å².